The van der Waals surface area contributed by atoms with E-state index in [9.17, 15) is 14.4 Å². The van der Waals surface area contributed by atoms with Crippen LogP contribution in [0.4, 0.5) is 0 Å². The molecule has 0 saturated carbocycles. The van der Waals surface area contributed by atoms with E-state index < -0.39 is 17.7 Å². The molecule has 1 unspecified atom stereocenters. The van der Waals surface area contributed by atoms with Crippen LogP contribution in [0, 0.1) is 0 Å². The minimum atomic E-state index is -1.01. The Kier molecular flexibility index (Phi) is 4.67. The second kappa shape index (κ2) is 5.29. The molecule has 0 aromatic heterocycles. The van der Waals surface area contributed by atoms with Gasteiger partial charge in [0, 0.05) is 0 Å². The van der Waals surface area contributed by atoms with Gasteiger partial charge in [-0.05, 0) is 6.42 Å². The SMILES string of the molecule is CCCC(NC=O)C(=O)C(N)=O. The summed E-state index contributed by atoms with van der Waals surface area (Å²) in [6.07, 6.45) is 1.52. The van der Waals surface area contributed by atoms with Crippen LogP contribution in [0.15, 0.2) is 0 Å². The van der Waals surface area contributed by atoms with Gasteiger partial charge in [0.25, 0.3) is 5.91 Å². The number of nitrogens with two attached hydrogens (primary N) is 1. The molecule has 0 heterocycles. The molecule has 0 aliphatic rings. The Morgan fingerprint density at radius 3 is 2.50 bits per heavy atom. The highest BCUT2D eigenvalue weighted by molar-refractivity contribution is 6.37. The van der Waals surface area contributed by atoms with Crippen LogP contribution in [0.25, 0.3) is 0 Å². The maximum absolute atomic E-state index is 10.9. The molecule has 0 aliphatic carbocycles. The first-order chi connectivity index (χ1) is 5.63. The fourth-order valence-electron chi connectivity index (χ4n) is 0.833. The molecule has 0 aliphatic heterocycles. The summed E-state index contributed by atoms with van der Waals surface area (Å²) in [6.45, 7) is 1.84. The van der Waals surface area contributed by atoms with Crippen LogP contribution in [0.1, 0.15) is 19.8 Å². The molecule has 0 saturated heterocycles. The molecular weight excluding hydrogens is 160 g/mol. The first-order valence-electron chi connectivity index (χ1n) is 3.66. The van der Waals surface area contributed by atoms with Gasteiger partial charge in [-0.3, -0.25) is 14.4 Å². The van der Waals surface area contributed by atoms with Crippen molar-refractivity contribution >= 4 is 18.1 Å². The molecule has 68 valence electrons. The number of ketones is 1. The Morgan fingerprint density at radius 1 is 1.58 bits per heavy atom. The van der Waals surface area contributed by atoms with Gasteiger partial charge in [-0.15, -0.1) is 0 Å². The van der Waals surface area contributed by atoms with Gasteiger partial charge in [0.15, 0.2) is 0 Å². The largest absolute Gasteiger partial charge is 0.363 e. The lowest BCUT2D eigenvalue weighted by Gasteiger charge is -2.10. The van der Waals surface area contributed by atoms with E-state index >= 15 is 0 Å². The summed E-state index contributed by atoms with van der Waals surface area (Å²) in [6, 6.07) is -0.759. The molecule has 2 amide bonds. The Labute approximate surface area is 70.3 Å². The predicted octanol–water partition coefficient (Wildman–Crippen LogP) is -1.04. The summed E-state index contributed by atoms with van der Waals surface area (Å²) in [4.78, 5) is 31.3. The van der Waals surface area contributed by atoms with Crippen molar-refractivity contribution in [3.8, 4) is 0 Å². The minimum Gasteiger partial charge on any atom is -0.363 e. The van der Waals surface area contributed by atoms with Gasteiger partial charge < -0.3 is 11.1 Å². The summed E-state index contributed by atoms with van der Waals surface area (Å²) in [7, 11) is 0. The first-order valence-corrected chi connectivity index (χ1v) is 3.66. The van der Waals surface area contributed by atoms with Gasteiger partial charge in [0.1, 0.15) is 0 Å². The monoisotopic (exact) mass is 172 g/mol. The van der Waals surface area contributed by atoms with Crippen LogP contribution in [0.3, 0.4) is 0 Å². The van der Waals surface area contributed by atoms with Crippen LogP contribution in [-0.4, -0.2) is 24.1 Å². The summed E-state index contributed by atoms with van der Waals surface area (Å²) < 4.78 is 0. The van der Waals surface area contributed by atoms with Gasteiger partial charge in [0.05, 0.1) is 6.04 Å². The molecule has 0 aromatic rings. The van der Waals surface area contributed by atoms with E-state index in [0.717, 1.165) is 0 Å². The van der Waals surface area contributed by atoms with Crippen molar-refractivity contribution < 1.29 is 14.4 Å². The van der Waals surface area contributed by atoms with Crippen molar-refractivity contribution in [3.63, 3.8) is 0 Å². The van der Waals surface area contributed by atoms with E-state index in [2.05, 4.69) is 5.32 Å². The maximum atomic E-state index is 10.9. The molecule has 0 spiro atoms. The molecular formula is C7H12N2O3. The molecule has 3 N–H and O–H groups in total. The van der Waals surface area contributed by atoms with Crippen molar-refractivity contribution in [3.05, 3.63) is 0 Å². The predicted molar refractivity (Wildman–Crippen MR) is 42.1 cm³/mol. The number of amides is 2. The van der Waals surface area contributed by atoms with Gasteiger partial charge in [-0.25, -0.2) is 0 Å². The second-order valence-corrected chi connectivity index (χ2v) is 2.35. The van der Waals surface area contributed by atoms with E-state index in [0.29, 0.717) is 19.3 Å². The highest BCUT2D eigenvalue weighted by Crippen LogP contribution is 1.96. The third kappa shape index (κ3) is 3.14. The first kappa shape index (κ1) is 10.6. The van der Waals surface area contributed by atoms with E-state index in [1.807, 2.05) is 6.92 Å². The minimum absolute atomic E-state index is 0.390. The summed E-state index contributed by atoms with van der Waals surface area (Å²) >= 11 is 0. The van der Waals surface area contributed by atoms with Crippen LogP contribution in [-0.2, 0) is 14.4 Å². The van der Waals surface area contributed by atoms with Crippen molar-refractivity contribution in [2.24, 2.45) is 5.73 Å². The quantitative estimate of drug-likeness (QED) is 0.396. The average Bonchev–Trinajstić information content (AvgIpc) is 2.03. The maximum Gasteiger partial charge on any atom is 0.287 e. The number of hydrogen-bond donors (Lipinski definition) is 2. The average molecular weight is 172 g/mol. The van der Waals surface area contributed by atoms with Gasteiger partial charge in [-0.2, -0.15) is 0 Å². The zero-order valence-electron chi connectivity index (χ0n) is 6.87. The normalized spacial score (nSPS) is 11.8. The van der Waals surface area contributed by atoms with Crippen molar-refractivity contribution in [1.29, 1.82) is 0 Å². The number of rotatable bonds is 6. The van der Waals surface area contributed by atoms with E-state index in [1.54, 1.807) is 0 Å². The number of primary amides is 1. The van der Waals surface area contributed by atoms with Gasteiger partial charge >= 0.3 is 0 Å². The Bertz CT molecular complexity index is 191. The van der Waals surface area contributed by atoms with E-state index in [-0.39, 0.29) is 0 Å². The lowest BCUT2D eigenvalue weighted by Crippen LogP contribution is -2.42. The Balaban J connectivity index is 4.17. The van der Waals surface area contributed by atoms with Crippen molar-refractivity contribution in [2.45, 2.75) is 25.8 Å². The van der Waals surface area contributed by atoms with E-state index in [4.69, 9.17) is 5.73 Å². The Morgan fingerprint density at radius 2 is 2.17 bits per heavy atom. The number of hydrogen-bond acceptors (Lipinski definition) is 3. The third-order valence-electron chi connectivity index (χ3n) is 1.41. The third-order valence-corrected chi connectivity index (χ3v) is 1.41. The molecule has 0 rings (SSSR count). The number of nitrogens with one attached hydrogen (secondary N) is 1. The standard InChI is InChI=1S/C7H12N2O3/c1-2-3-5(9-4-10)6(11)7(8)12/h4-5H,2-3H2,1H3,(H2,8,12)(H,9,10). The lowest BCUT2D eigenvalue weighted by molar-refractivity contribution is -0.137. The highest BCUT2D eigenvalue weighted by Gasteiger charge is 2.20. The number of carbonyl (C=O) groups excluding carboxylic acids is 3. The van der Waals surface area contributed by atoms with E-state index in [1.165, 1.54) is 0 Å². The highest BCUT2D eigenvalue weighted by atomic mass is 16.2. The van der Waals surface area contributed by atoms with Gasteiger partial charge in [-0.1, -0.05) is 13.3 Å². The number of carbonyl (C=O) groups is 3. The zero-order valence-corrected chi connectivity index (χ0v) is 6.87. The molecule has 1 atom stereocenters. The summed E-state index contributed by atoms with van der Waals surface area (Å²) in [5.41, 5.74) is 4.75. The zero-order chi connectivity index (χ0) is 9.56. The molecule has 5 heteroatoms. The van der Waals surface area contributed by atoms with Crippen LogP contribution < -0.4 is 11.1 Å². The fourth-order valence-corrected chi connectivity index (χ4v) is 0.833. The molecule has 5 nitrogen and oxygen atoms in total. The number of Topliss-reactive ketones (excluding diaryl/α,β-unsaturated/α-hetero) is 1. The fraction of sp³-hybridized carbons (Fsp3) is 0.571. The smallest absolute Gasteiger partial charge is 0.287 e. The second-order valence-electron chi connectivity index (χ2n) is 2.35. The van der Waals surface area contributed by atoms with Crippen molar-refractivity contribution in [2.75, 3.05) is 0 Å². The van der Waals surface area contributed by atoms with Crippen LogP contribution >= 0.6 is 0 Å². The van der Waals surface area contributed by atoms with Crippen molar-refractivity contribution in [1.82, 2.24) is 5.32 Å². The molecule has 0 radical (unpaired) electrons. The summed E-state index contributed by atoms with van der Waals surface area (Å²) in [5, 5.41) is 2.23. The van der Waals surface area contributed by atoms with Crippen LogP contribution in [0.5, 0.6) is 0 Å². The Hall–Kier alpha value is -1.39. The molecule has 0 aromatic carbocycles. The summed E-state index contributed by atoms with van der Waals surface area (Å²) in [5.74, 6) is -1.76. The van der Waals surface area contributed by atoms with Crippen LogP contribution in [0.2, 0.25) is 0 Å². The molecule has 0 fully saturated rings. The molecule has 0 bridgehead atoms. The van der Waals surface area contributed by atoms with Gasteiger partial charge in [0.2, 0.25) is 12.2 Å². The topological polar surface area (TPSA) is 89.3 Å². The lowest BCUT2D eigenvalue weighted by atomic mass is 10.1. The molecule has 12 heavy (non-hydrogen) atoms.